The molecule has 3 aromatic carbocycles. The van der Waals surface area contributed by atoms with E-state index in [4.69, 9.17) is 21.1 Å². The van der Waals surface area contributed by atoms with Gasteiger partial charge in [-0.05, 0) is 74.6 Å². The van der Waals surface area contributed by atoms with Gasteiger partial charge in [0.25, 0.3) is 0 Å². The molecule has 9 nitrogen and oxygen atoms in total. The Kier molecular flexibility index (Phi) is 8.37. The van der Waals surface area contributed by atoms with Gasteiger partial charge in [-0.15, -0.1) is 0 Å². The largest absolute Gasteiger partial charge is 0.494 e. The molecule has 3 aliphatic rings. The van der Waals surface area contributed by atoms with Crippen LogP contribution in [-0.2, 0) is 25.5 Å². The number of halogens is 1. The van der Waals surface area contributed by atoms with Gasteiger partial charge in [-0.3, -0.25) is 14.4 Å². The monoisotopic (exact) mass is 631 g/mol. The highest BCUT2D eigenvalue weighted by atomic mass is 35.5. The SMILES string of the molecule is CCOc1ccc(NC(=O)[C@H]2[C@H]3C(=O)N([C@@H](CO)Cc4ccccc4)C(C(=O)Nc4ccccc4Cl)C34CC(C)[C@]2(C)O4)cc1. The maximum absolute atomic E-state index is 14.7. The van der Waals surface area contributed by atoms with E-state index >= 15 is 0 Å². The zero-order valence-corrected chi connectivity index (χ0v) is 26.3. The Morgan fingerprint density at radius 3 is 2.40 bits per heavy atom. The molecule has 0 aliphatic carbocycles. The number of ether oxygens (including phenoxy) is 2. The lowest BCUT2D eigenvalue weighted by Crippen LogP contribution is -2.57. The quantitative estimate of drug-likeness (QED) is 0.292. The zero-order chi connectivity index (χ0) is 31.9. The molecular weight excluding hydrogens is 594 g/mol. The topological polar surface area (TPSA) is 117 Å². The maximum Gasteiger partial charge on any atom is 0.250 e. The normalized spacial score (nSPS) is 28.9. The highest BCUT2D eigenvalue weighted by molar-refractivity contribution is 6.33. The van der Waals surface area contributed by atoms with E-state index in [1.807, 2.05) is 51.1 Å². The zero-order valence-electron chi connectivity index (χ0n) is 25.5. The molecule has 3 heterocycles. The third-order valence-electron chi connectivity index (χ3n) is 9.77. The number of benzene rings is 3. The van der Waals surface area contributed by atoms with Crippen LogP contribution < -0.4 is 15.4 Å². The van der Waals surface area contributed by atoms with Crippen molar-refractivity contribution in [3.63, 3.8) is 0 Å². The number of carbonyl (C=O) groups excluding carboxylic acids is 3. The van der Waals surface area contributed by atoms with Crippen LogP contribution in [0.15, 0.2) is 78.9 Å². The fraction of sp³-hybridized carbons (Fsp3) is 0.400. The second-order valence-electron chi connectivity index (χ2n) is 12.4. The van der Waals surface area contributed by atoms with Crippen LogP contribution >= 0.6 is 11.6 Å². The molecule has 3 fully saturated rings. The Balaban J connectivity index is 1.39. The van der Waals surface area contributed by atoms with Gasteiger partial charge in [-0.1, -0.05) is 61.0 Å². The number of likely N-dealkylation sites (tertiary alicyclic amines) is 1. The molecule has 0 radical (unpaired) electrons. The molecule has 3 aromatic rings. The lowest BCUT2D eigenvalue weighted by molar-refractivity contribution is -0.147. The summed E-state index contributed by atoms with van der Waals surface area (Å²) in [5.41, 5.74) is -0.430. The van der Waals surface area contributed by atoms with Crippen molar-refractivity contribution in [3.8, 4) is 5.75 Å². The van der Waals surface area contributed by atoms with Crippen LogP contribution in [0, 0.1) is 17.8 Å². The van der Waals surface area contributed by atoms with E-state index in [0.717, 1.165) is 5.56 Å². The summed E-state index contributed by atoms with van der Waals surface area (Å²) in [6, 6.07) is 21.6. The van der Waals surface area contributed by atoms with Crippen molar-refractivity contribution in [3.05, 3.63) is 89.4 Å². The van der Waals surface area contributed by atoms with E-state index in [2.05, 4.69) is 10.6 Å². The summed E-state index contributed by atoms with van der Waals surface area (Å²) >= 11 is 6.41. The summed E-state index contributed by atoms with van der Waals surface area (Å²) in [5, 5.41) is 16.9. The van der Waals surface area contributed by atoms with Crippen molar-refractivity contribution >= 4 is 40.7 Å². The van der Waals surface area contributed by atoms with E-state index in [0.29, 0.717) is 41.6 Å². The minimum absolute atomic E-state index is 0.144. The summed E-state index contributed by atoms with van der Waals surface area (Å²) in [6.07, 6.45) is 0.713. The van der Waals surface area contributed by atoms with Gasteiger partial charge in [0.1, 0.15) is 17.4 Å². The number of fused-ring (bicyclic) bond motifs is 1. The first-order valence-electron chi connectivity index (χ1n) is 15.4. The van der Waals surface area contributed by atoms with E-state index < -0.39 is 41.0 Å². The minimum Gasteiger partial charge on any atom is -0.494 e. The first-order valence-corrected chi connectivity index (χ1v) is 15.8. The molecule has 45 heavy (non-hydrogen) atoms. The molecule has 3 saturated heterocycles. The van der Waals surface area contributed by atoms with E-state index in [1.54, 1.807) is 48.5 Å². The number of hydrogen-bond donors (Lipinski definition) is 3. The van der Waals surface area contributed by atoms with E-state index in [-0.39, 0.29) is 24.3 Å². The van der Waals surface area contributed by atoms with E-state index in [1.165, 1.54) is 4.90 Å². The van der Waals surface area contributed by atoms with Crippen molar-refractivity contribution in [2.75, 3.05) is 23.8 Å². The molecular formula is C35H38ClN3O6. The number of carbonyl (C=O) groups is 3. The van der Waals surface area contributed by atoms with Gasteiger partial charge in [0.2, 0.25) is 17.7 Å². The highest BCUT2D eigenvalue weighted by Gasteiger charge is 2.80. The Morgan fingerprint density at radius 2 is 1.73 bits per heavy atom. The molecule has 3 aliphatic heterocycles. The number of rotatable bonds is 10. The van der Waals surface area contributed by atoms with Crippen LogP contribution in [0.4, 0.5) is 11.4 Å². The van der Waals surface area contributed by atoms with Gasteiger partial charge in [-0.2, -0.15) is 0 Å². The first kappa shape index (κ1) is 31.1. The Bertz CT molecular complexity index is 1590. The van der Waals surface area contributed by atoms with Crippen molar-refractivity contribution < 1.29 is 29.0 Å². The van der Waals surface area contributed by atoms with Crippen LogP contribution in [0.3, 0.4) is 0 Å². The Labute approximate surface area is 267 Å². The highest BCUT2D eigenvalue weighted by Crippen LogP contribution is 2.65. The number of para-hydroxylation sites is 1. The minimum atomic E-state index is -1.29. The molecule has 7 atom stereocenters. The fourth-order valence-electron chi connectivity index (χ4n) is 7.69. The van der Waals surface area contributed by atoms with Crippen molar-refractivity contribution in [1.82, 2.24) is 4.90 Å². The summed E-state index contributed by atoms with van der Waals surface area (Å²) in [4.78, 5) is 44.6. The number of anilines is 2. The molecule has 6 rings (SSSR count). The number of aliphatic hydroxyl groups is 1. The number of amides is 3. The van der Waals surface area contributed by atoms with Gasteiger partial charge < -0.3 is 30.1 Å². The lowest BCUT2D eigenvalue weighted by atomic mass is 9.62. The van der Waals surface area contributed by atoms with Crippen molar-refractivity contribution in [2.45, 2.75) is 56.9 Å². The average molecular weight is 632 g/mol. The Morgan fingerprint density at radius 1 is 1.04 bits per heavy atom. The molecule has 3 N–H and O–H groups in total. The summed E-state index contributed by atoms with van der Waals surface area (Å²) in [7, 11) is 0. The number of nitrogens with one attached hydrogen (secondary N) is 2. The standard InChI is InChI=1S/C35H38ClN3O6/c1-4-44-25-16-14-23(15-17-25)37-31(41)28-29-33(43)39(24(20-40)18-22-10-6-5-7-11-22)30(35(29)19-21(2)34(28,3)45-35)32(42)38-27-13-9-8-12-26(27)36/h5-17,21,24,28-30,40H,4,18-20H2,1-3H3,(H,37,41)(H,38,42)/t21?,24-,28-,29+,30?,34+,35?/m1/s1. The van der Waals surface area contributed by atoms with Gasteiger partial charge in [0, 0.05) is 5.69 Å². The predicted molar refractivity (Wildman–Crippen MR) is 171 cm³/mol. The van der Waals surface area contributed by atoms with Crippen LogP contribution in [0.25, 0.3) is 0 Å². The van der Waals surface area contributed by atoms with Crippen molar-refractivity contribution in [2.24, 2.45) is 17.8 Å². The molecule has 10 heteroatoms. The Hall–Kier alpha value is -3.92. The molecule has 2 bridgehead atoms. The third-order valence-corrected chi connectivity index (χ3v) is 10.1. The number of hydrogen-bond acceptors (Lipinski definition) is 6. The average Bonchev–Trinajstić information content (AvgIpc) is 3.55. The smallest absolute Gasteiger partial charge is 0.250 e. The van der Waals surface area contributed by atoms with Gasteiger partial charge in [0.05, 0.1) is 47.4 Å². The van der Waals surface area contributed by atoms with Gasteiger partial charge in [0.15, 0.2) is 0 Å². The maximum atomic E-state index is 14.7. The van der Waals surface area contributed by atoms with Crippen molar-refractivity contribution in [1.29, 1.82) is 0 Å². The fourth-order valence-corrected chi connectivity index (χ4v) is 7.87. The molecule has 0 saturated carbocycles. The second-order valence-corrected chi connectivity index (χ2v) is 12.8. The number of aliphatic hydroxyl groups excluding tert-OH is 1. The third kappa shape index (κ3) is 5.26. The molecule has 3 amide bonds. The summed E-state index contributed by atoms with van der Waals surface area (Å²) in [6.45, 7) is 5.89. The molecule has 236 valence electrons. The van der Waals surface area contributed by atoms with Crippen LogP contribution in [0.5, 0.6) is 5.75 Å². The second kappa shape index (κ2) is 12.1. The van der Waals surface area contributed by atoms with Gasteiger partial charge in [-0.25, -0.2) is 0 Å². The molecule has 3 unspecified atom stereocenters. The molecule has 0 aromatic heterocycles. The van der Waals surface area contributed by atoms with Gasteiger partial charge >= 0.3 is 0 Å². The number of nitrogens with zero attached hydrogens (tertiary/aromatic N) is 1. The summed E-state index contributed by atoms with van der Waals surface area (Å²) < 4.78 is 12.4. The molecule has 1 spiro atoms. The van der Waals surface area contributed by atoms with Crippen LogP contribution in [0.2, 0.25) is 5.02 Å². The van der Waals surface area contributed by atoms with E-state index in [9.17, 15) is 19.5 Å². The lowest BCUT2D eigenvalue weighted by Gasteiger charge is -2.37. The van der Waals surface area contributed by atoms with Crippen LogP contribution in [-0.4, -0.2) is 64.2 Å². The predicted octanol–water partition coefficient (Wildman–Crippen LogP) is 4.93. The van der Waals surface area contributed by atoms with Crippen LogP contribution in [0.1, 0.15) is 32.8 Å². The first-order chi connectivity index (χ1) is 21.6. The summed E-state index contributed by atoms with van der Waals surface area (Å²) in [5.74, 6) is -2.49.